The molecule has 0 radical (unpaired) electrons. The van der Waals surface area contributed by atoms with E-state index in [0.29, 0.717) is 17.4 Å². The lowest BCUT2D eigenvalue weighted by Crippen LogP contribution is -2.46. The van der Waals surface area contributed by atoms with Crippen molar-refractivity contribution in [3.05, 3.63) is 48.5 Å². The van der Waals surface area contributed by atoms with Crippen LogP contribution in [0.1, 0.15) is 20.3 Å². The number of hydrogen-bond acceptors (Lipinski definition) is 4. The molecule has 1 aliphatic rings. The second kappa shape index (κ2) is 6.71. The van der Waals surface area contributed by atoms with E-state index in [1.54, 1.807) is 6.07 Å². The molecule has 134 valence electrons. The van der Waals surface area contributed by atoms with Crippen LogP contribution in [0.5, 0.6) is 11.5 Å². The predicted molar refractivity (Wildman–Crippen MR) is 99.6 cm³/mol. The minimum atomic E-state index is -0.736. The number of fused-ring (bicyclic) bond motifs is 2. The summed E-state index contributed by atoms with van der Waals surface area (Å²) in [6.07, 6.45) is -0.190. The lowest BCUT2D eigenvalue weighted by molar-refractivity contribution is -0.128. The molecule has 0 bridgehead atoms. The number of ether oxygens (including phenoxy) is 2. The monoisotopic (exact) mass is 351 g/mol. The van der Waals surface area contributed by atoms with E-state index in [0.717, 1.165) is 24.0 Å². The minimum Gasteiger partial charge on any atom is -0.482 e. The Morgan fingerprint density at radius 2 is 1.81 bits per heavy atom. The van der Waals surface area contributed by atoms with Crippen LogP contribution in [-0.2, 0) is 11.3 Å². The zero-order valence-electron chi connectivity index (χ0n) is 14.8. The van der Waals surface area contributed by atoms with Crippen LogP contribution in [0.15, 0.2) is 48.5 Å². The molecule has 2 heterocycles. The first kappa shape index (κ1) is 16.4. The lowest BCUT2D eigenvalue weighted by Gasteiger charge is -2.30. The van der Waals surface area contributed by atoms with Gasteiger partial charge in [-0.25, -0.2) is 4.98 Å². The Balaban J connectivity index is 1.60. The number of para-hydroxylation sites is 4. The van der Waals surface area contributed by atoms with Crippen LogP contribution in [0, 0.1) is 0 Å². The number of aryl methyl sites for hydroxylation is 1. The second-order valence-corrected chi connectivity index (χ2v) is 6.37. The molecule has 2 unspecified atom stereocenters. The van der Waals surface area contributed by atoms with Gasteiger partial charge in [-0.2, -0.15) is 0 Å². The third-order valence-electron chi connectivity index (χ3n) is 4.44. The summed E-state index contributed by atoms with van der Waals surface area (Å²) in [4.78, 5) is 17.4. The Morgan fingerprint density at radius 1 is 1.12 bits per heavy atom. The molecule has 0 fully saturated rings. The number of anilines is 1. The summed E-state index contributed by atoms with van der Waals surface area (Å²) in [5, 5.41) is 2.92. The molecular formula is C20H21N3O3. The maximum atomic E-state index is 12.9. The van der Waals surface area contributed by atoms with E-state index in [2.05, 4.69) is 17.2 Å². The molecule has 6 nitrogen and oxygen atoms in total. The van der Waals surface area contributed by atoms with Crippen molar-refractivity contribution < 1.29 is 14.3 Å². The van der Waals surface area contributed by atoms with Gasteiger partial charge in [0.25, 0.3) is 5.91 Å². The highest BCUT2D eigenvalue weighted by atomic mass is 16.6. The normalized spacial score (nSPS) is 18.7. The van der Waals surface area contributed by atoms with Gasteiger partial charge in [-0.3, -0.25) is 10.1 Å². The average Bonchev–Trinajstić information content (AvgIpc) is 2.99. The van der Waals surface area contributed by atoms with Gasteiger partial charge in [0, 0.05) is 6.54 Å². The lowest BCUT2D eigenvalue weighted by atomic mass is 10.1. The van der Waals surface area contributed by atoms with Gasteiger partial charge in [-0.15, -0.1) is 0 Å². The molecule has 2 aromatic carbocycles. The number of rotatable bonds is 4. The molecule has 1 aromatic heterocycles. The summed E-state index contributed by atoms with van der Waals surface area (Å²) in [5.74, 6) is 1.50. The molecule has 1 aliphatic heterocycles. The number of amides is 1. The quantitative estimate of drug-likeness (QED) is 0.780. The molecule has 0 spiro atoms. The van der Waals surface area contributed by atoms with Crippen molar-refractivity contribution in [3.63, 3.8) is 0 Å². The Kier molecular flexibility index (Phi) is 4.24. The summed E-state index contributed by atoms with van der Waals surface area (Å²) in [5.41, 5.74) is 1.86. The highest BCUT2D eigenvalue weighted by Gasteiger charge is 2.34. The fraction of sp³-hybridized carbons (Fsp3) is 0.300. The number of aromatic nitrogens is 2. The van der Waals surface area contributed by atoms with E-state index in [1.807, 2.05) is 54.0 Å². The SMILES string of the molecule is CCCn1c(NC(=O)C2Oc3ccccc3OC2C)nc2ccccc21. The summed E-state index contributed by atoms with van der Waals surface area (Å²) < 4.78 is 13.7. The van der Waals surface area contributed by atoms with E-state index in [-0.39, 0.29) is 5.91 Å². The van der Waals surface area contributed by atoms with Gasteiger partial charge in [0.05, 0.1) is 11.0 Å². The zero-order chi connectivity index (χ0) is 18.1. The van der Waals surface area contributed by atoms with Gasteiger partial charge in [0.1, 0.15) is 6.10 Å². The number of hydrogen-bond donors (Lipinski definition) is 1. The number of benzene rings is 2. The number of carbonyl (C=O) groups is 1. The van der Waals surface area contributed by atoms with Crippen molar-refractivity contribution in [2.24, 2.45) is 0 Å². The molecular weight excluding hydrogens is 330 g/mol. The van der Waals surface area contributed by atoms with E-state index in [4.69, 9.17) is 9.47 Å². The highest BCUT2D eigenvalue weighted by Crippen LogP contribution is 2.33. The number of nitrogens with one attached hydrogen (secondary N) is 1. The molecule has 0 saturated heterocycles. The van der Waals surface area contributed by atoms with Crippen molar-refractivity contribution in [1.29, 1.82) is 0 Å². The highest BCUT2D eigenvalue weighted by molar-refractivity contribution is 5.95. The molecule has 0 saturated carbocycles. The van der Waals surface area contributed by atoms with Crippen LogP contribution in [-0.4, -0.2) is 27.7 Å². The molecule has 1 N–H and O–H groups in total. The van der Waals surface area contributed by atoms with Crippen molar-refractivity contribution in [2.75, 3.05) is 5.32 Å². The summed E-state index contributed by atoms with van der Waals surface area (Å²) in [7, 11) is 0. The van der Waals surface area contributed by atoms with Gasteiger partial charge < -0.3 is 14.0 Å². The first-order chi connectivity index (χ1) is 12.7. The smallest absolute Gasteiger partial charge is 0.271 e. The summed E-state index contributed by atoms with van der Waals surface area (Å²) in [6.45, 7) is 4.70. The summed E-state index contributed by atoms with van der Waals surface area (Å²) >= 11 is 0. The Bertz CT molecular complexity index is 950. The first-order valence-corrected chi connectivity index (χ1v) is 8.86. The number of carbonyl (C=O) groups excluding carboxylic acids is 1. The first-order valence-electron chi connectivity index (χ1n) is 8.86. The Labute approximate surface area is 151 Å². The third kappa shape index (κ3) is 2.87. The maximum absolute atomic E-state index is 12.9. The van der Waals surface area contributed by atoms with E-state index >= 15 is 0 Å². The fourth-order valence-corrected chi connectivity index (χ4v) is 3.21. The van der Waals surface area contributed by atoms with Crippen LogP contribution < -0.4 is 14.8 Å². The fourth-order valence-electron chi connectivity index (χ4n) is 3.21. The molecule has 2 atom stereocenters. The molecule has 26 heavy (non-hydrogen) atoms. The molecule has 0 aliphatic carbocycles. The second-order valence-electron chi connectivity index (χ2n) is 6.37. The molecule has 6 heteroatoms. The van der Waals surface area contributed by atoms with E-state index < -0.39 is 12.2 Å². The Morgan fingerprint density at radius 3 is 2.58 bits per heavy atom. The minimum absolute atomic E-state index is 0.264. The van der Waals surface area contributed by atoms with Gasteiger partial charge in [-0.05, 0) is 37.6 Å². The zero-order valence-corrected chi connectivity index (χ0v) is 14.8. The molecule has 1 amide bonds. The van der Waals surface area contributed by atoms with Crippen LogP contribution in [0.4, 0.5) is 5.95 Å². The van der Waals surface area contributed by atoms with Gasteiger partial charge >= 0.3 is 0 Å². The van der Waals surface area contributed by atoms with Crippen LogP contribution in [0.25, 0.3) is 11.0 Å². The van der Waals surface area contributed by atoms with Gasteiger partial charge in [-0.1, -0.05) is 31.2 Å². The van der Waals surface area contributed by atoms with E-state index in [1.165, 1.54) is 0 Å². The summed E-state index contributed by atoms with van der Waals surface area (Å²) in [6, 6.07) is 15.2. The van der Waals surface area contributed by atoms with E-state index in [9.17, 15) is 4.79 Å². The maximum Gasteiger partial charge on any atom is 0.271 e. The van der Waals surface area contributed by atoms with Crippen molar-refractivity contribution in [3.8, 4) is 11.5 Å². The van der Waals surface area contributed by atoms with Crippen molar-refractivity contribution in [1.82, 2.24) is 9.55 Å². The van der Waals surface area contributed by atoms with Crippen LogP contribution >= 0.6 is 0 Å². The van der Waals surface area contributed by atoms with Crippen LogP contribution in [0.2, 0.25) is 0 Å². The molecule has 4 rings (SSSR count). The Hall–Kier alpha value is -3.02. The standard InChI is InChI=1S/C20H21N3O3/c1-3-12-23-15-9-5-4-8-14(15)21-20(23)22-19(24)18-13(2)25-16-10-6-7-11-17(16)26-18/h4-11,13,18H,3,12H2,1-2H3,(H,21,22,24). The topological polar surface area (TPSA) is 65.4 Å². The largest absolute Gasteiger partial charge is 0.482 e. The van der Waals surface area contributed by atoms with Gasteiger partial charge in [0.15, 0.2) is 11.5 Å². The predicted octanol–water partition coefficient (Wildman–Crippen LogP) is 3.61. The average molecular weight is 351 g/mol. The molecule has 3 aromatic rings. The van der Waals surface area contributed by atoms with Crippen LogP contribution in [0.3, 0.4) is 0 Å². The third-order valence-corrected chi connectivity index (χ3v) is 4.44. The van der Waals surface area contributed by atoms with Crippen molar-refractivity contribution in [2.45, 2.75) is 39.0 Å². The van der Waals surface area contributed by atoms with Crippen molar-refractivity contribution >= 4 is 22.9 Å². The number of nitrogens with zero attached hydrogens (tertiary/aromatic N) is 2. The van der Waals surface area contributed by atoms with Gasteiger partial charge in [0.2, 0.25) is 12.1 Å². The number of imidazole rings is 1.